The van der Waals surface area contributed by atoms with Gasteiger partial charge in [-0.2, -0.15) is 3.89 Å². The summed E-state index contributed by atoms with van der Waals surface area (Å²) in [4.78, 5) is 65.9. The third-order valence-corrected chi connectivity index (χ3v) is 13.7. The molecule has 0 bridgehead atoms. The van der Waals surface area contributed by atoms with Crippen molar-refractivity contribution in [2.24, 2.45) is 17.8 Å². The highest BCUT2D eigenvalue weighted by Crippen LogP contribution is 2.41. The molecule has 5 rings (SSSR count). The van der Waals surface area contributed by atoms with E-state index in [1.807, 2.05) is 65.2 Å². The summed E-state index contributed by atoms with van der Waals surface area (Å²) in [6.45, 7) is 17.1. The quantitative estimate of drug-likeness (QED) is 0.165. The maximum Gasteiger partial charge on any atom is 0.410 e. The van der Waals surface area contributed by atoms with Gasteiger partial charge in [0.05, 0.1) is 36.1 Å². The van der Waals surface area contributed by atoms with E-state index in [9.17, 15) is 28.2 Å². The van der Waals surface area contributed by atoms with Crippen molar-refractivity contribution in [1.82, 2.24) is 34.7 Å². The average molecular weight is 928 g/mol. The van der Waals surface area contributed by atoms with E-state index in [1.165, 1.54) is 31.4 Å². The summed E-state index contributed by atoms with van der Waals surface area (Å²) >= 11 is 1.73. The van der Waals surface area contributed by atoms with Crippen molar-refractivity contribution < 1.29 is 51.9 Å². The Morgan fingerprint density at radius 2 is 1.79 bits per heavy atom. The lowest BCUT2D eigenvalue weighted by Gasteiger charge is -2.47. The summed E-state index contributed by atoms with van der Waals surface area (Å²) in [6, 6.07) is -1.58. The van der Waals surface area contributed by atoms with Crippen molar-refractivity contribution in [1.29, 1.82) is 0 Å². The molecule has 0 saturated carbocycles. The summed E-state index contributed by atoms with van der Waals surface area (Å²) < 4.78 is 43.5. The number of ether oxygens (including phenoxy) is 5. The van der Waals surface area contributed by atoms with E-state index in [0.717, 1.165) is 5.01 Å². The molecule has 3 saturated heterocycles. The van der Waals surface area contributed by atoms with Gasteiger partial charge in [0.2, 0.25) is 5.91 Å². The number of hydrogen-bond donors (Lipinski definition) is 1. The Bertz CT molecular complexity index is 1810. The van der Waals surface area contributed by atoms with Crippen molar-refractivity contribution in [3.63, 3.8) is 0 Å². The number of cyclic esters (lactones) is 1. The van der Waals surface area contributed by atoms with Crippen LogP contribution < -0.4 is 0 Å². The van der Waals surface area contributed by atoms with Gasteiger partial charge in [-0.05, 0) is 86.7 Å². The number of unbranched alkanes of at least 4 members (excludes halogenated alkanes) is 1. The molecule has 3 aliphatic rings. The predicted octanol–water partition coefficient (Wildman–Crippen LogP) is 5.65. The van der Waals surface area contributed by atoms with Crippen LogP contribution >= 0.6 is 23.5 Å². The Balaban J connectivity index is 0.00000282. The Kier molecular flexibility index (Phi) is 18.9. The van der Waals surface area contributed by atoms with E-state index in [0.29, 0.717) is 44.5 Å². The number of aliphatic hydroxyl groups excluding tert-OH is 1. The number of halogens is 1. The molecule has 2 amide bonds. The number of nitrogens with zero attached hydrogens (tertiary/aromatic N) is 7. The van der Waals surface area contributed by atoms with Crippen LogP contribution in [0.4, 0.5) is 8.68 Å². The molecule has 0 aliphatic carbocycles. The van der Waals surface area contributed by atoms with E-state index in [-0.39, 0.29) is 49.1 Å². The molecular weight excluding hydrogens is 858 g/mol. The molecule has 17 nitrogen and oxygen atoms in total. The zero-order valence-corrected chi connectivity index (χ0v) is 40.8. The molecule has 3 unspecified atom stereocenters. The lowest BCUT2D eigenvalue weighted by molar-refractivity contribution is -0.295. The monoisotopic (exact) mass is 927 g/mol. The van der Waals surface area contributed by atoms with Gasteiger partial charge in [0.1, 0.15) is 28.8 Å². The SMILES string of the molecule is CC[C@H]1OC(=O)[C@H](C)C(=O)[C@H](C)[C@@H](O[C@@H]2OC(C)CC(N(C)C)C2O)[C@](C)(OC)C[C@@H](C)CN(C(C)=O)[C@H](C)[C@H]2N(CCCCn3cc(-c4nccs4)nn3)C(=O)O[C@]12C.CSF. The molecule has 356 valence electrons. The number of aliphatic hydroxyl groups is 1. The molecule has 63 heavy (non-hydrogen) atoms. The lowest BCUT2D eigenvalue weighted by Crippen LogP contribution is -2.62. The zero-order valence-electron chi connectivity index (χ0n) is 39.2. The van der Waals surface area contributed by atoms with Gasteiger partial charge in [-0.15, -0.1) is 16.4 Å². The van der Waals surface area contributed by atoms with Crippen LogP contribution in [0, 0.1) is 17.8 Å². The fraction of sp³-hybridized carbons (Fsp3) is 0.791. The highest BCUT2D eigenvalue weighted by Gasteiger charge is 2.60. The fourth-order valence-electron chi connectivity index (χ4n) is 9.62. The second-order valence-corrected chi connectivity index (χ2v) is 19.1. The van der Waals surface area contributed by atoms with Gasteiger partial charge in [-0.25, -0.2) is 9.78 Å². The van der Waals surface area contributed by atoms with Crippen LogP contribution in [0.25, 0.3) is 10.7 Å². The molecule has 0 spiro atoms. The number of methoxy groups -OCH3 is 1. The summed E-state index contributed by atoms with van der Waals surface area (Å²) in [6.07, 6.45) is 2.46. The molecule has 2 aromatic heterocycles. The number of amides is 2. The van der Waals surface area contributed by atoms with E-state index in [4.69, 9.17) is 23.7 Å². The first-order chi connectivity index (χ1) is 29.7. The molecule has 3 fully saturated rings. The minimum Gasteiger partial charge on any atom is -0.458 e. The first-order valence-electron chi connectivity index (χ1n) is 21.8. The Hall–Kier alpha value is -3.27. The predicted molar refractivity (Wildman–Crippen MR) is 237 cm³/mol. The van der Waals surface area contributed by atoms with Crippen molar-refractivity contribution in [2.45, 2.75) is 161 Å². The summed E-state index contributed by atoms with van der Waals surface area (Å²) in [7, 11) is 5.31. The number of fused-ring (bicyclic) bond motifs is 1. The molecule has 0 radical (unpaired) electrons. The summed E-state index contributed by atoms with van der Waals surface area (Å²) in [5.74, 6) is -3.81. The van der Waals surface area contributed by atoms with Crippen molar-refractivity contribution in [3.8, 4) is 10.7 Å². The molecule has 2 aromatic rings. The fourth-order valence-corrected chi connectivity index (χ4v) is 10.2. The third kappa shape index (κ3) is 12.1. The van der Waals surface area contributed by atoms with E-state index in [1.54, 1.807) is 41.6 Å². The minimum absolute atomic E-state index is 0.209. The topological polar surface area (TPSA) is 188 Å². The maximum absolute atomic E-state index is 14.5. The normalized spacial score (nSPS) is 34.7. The molecule has 13 atom stereocenters. The number of Topliss-reactive ketones (excluding diaryl/α,β-unsaturated/α-hetero) is 1. The van der Waals surface area contributed by atoms with Gasteiger partial charge in [0.15, 0.2) is 17.7 Å². The zero-order chi connectivity index (χ0) is 47.0. The smallest absolute Gasteiger partial charge is 0.410 e. The number of rotatable bonds is 11. The van der Waals surface area contributed by atoms with E-state index < -0.39 is 77.6 Å². The van der Waals surface area contributed by atoms with E-state index >= 15 is 0 Å². The number of carbonyl (C=O) groups excluding carboxylic acids is 4. The van der Waals surface area contributed by atoms with Gasteiger partial charge in [-0.3, -0.25) is 24.0 Å². The van der Waals surface area contributed by atoms with Crippen molar-refractivity contribution in [3.05, 3.63) is 17.8 Å². The van der Waals surface area contributed by atoms with E-state index in [2.05, 4.69) is 15.3 Å². The molecule has 1 N–H and O–H groups in total. The number of likely N-dealkylation sites (N-methyl/N-ethyl adjacent to an activating group) is 1. The maximum atomic E-state index is 14.5. The number of carbonyl (C=O) groups is 4. The number of aromatic nitrogens is 4. The van der Waals surface area contributed by atoms with Crippen LogP contribution in [0.3, 0.4) is 0 Å². The third-order valence-electron chi connectivity index (χ3n) is 12.9. The number of ketones is 1. The van der Waals surface area contributed by atoms with Crippen LogP contribution in [0.1, 0.15) is 94.4 Å². The second-order valence-electron chi connectivity index (χ2n) is 17.9. The van der Waals surface area contributed by atoms with Crippen LogP contribution in [-0.2, 0) is 44.6 Å². The highest BCUT2D eigenvalue weighted by atomic mass is 32.2. The first kappa shape index (κ1) is 52.4. The van der Waals surface area contributed by atoms with Crippen LogP contribution in [0.5, 0.6) is 0 Å². The second kappa shape index (κ2) is 22.8. The largest absolute Gasteiger partial charge is 0.458 e. The van der Waals surface area contributed by atoms with Gasteiger partial charge in [0, 0.05) is 75.6 Å². The standard InChI is InChI=1S/C42H67N7O10S.CH3FS/c1-13-32-42(9)35(48(40(54)59-42)18-15-14-17-47-23-30(44-45-47)37-43-16-19-60-37)28(6)49(29(7)50)22-24(2)21-41(8,55-12)36(26(4)33(51)27(5)38(53)57-32)58-39-34(52)31(46(10)11)20-25(3)56-39;1-3-2/h16,19,23-28,31-32,34-36,39,52H,13-15,17-18,20-22H2,1-12H3;1H3/t24-,25?,26+,27-,28-,31?,32-,34?,35-,36-,39+,41-,42-;/m1./s1. The Labute approximate surface area is 380 Å². The lowest BCUT2D eigenvalue weighted by atomic mass is 9.78. The Morgan fingerprint density at radius 1 is 1.13 bits per heavy atom. The van der Waals surface area contributed by atoms with Gasteiger partial charge >= 0.3 is 12.1 Å². The van der Waals surface area contributed by atoms with Crippen LogP contribution in [0.15, 0.2) is 17.8 Å². The first-order valence-corrected chi connectivity index (χ1v) is 23.8. The minimum atomic E-state index is -1.39. The number of aryl methyl sites for hydroxylation is 1. The summed E-state index contributed by atoms with van der Waals surface area (Å²) in [5.41, 5.74) is -1.86. The number of thiazole rings is 1. The molecular formula is C43H70FN7O10S2. The summed E-state index contributed by atoms with van der Waals surface area (Å²) in [5, 5.41) is 22.6. The number of hydrogen-bond acceptors (Lipinski definition) is 16. The number of esters is 1. The highest BCUT2D eigenvalue weighted by molar-refractivity contribution is 7.93. The molecule has 0 aromatic carbocycles. The Morgan fingerprint density at radius 3 is 2.38 bits per heavy atom. The van der Waals surface area contributed by atoms with Crippen LogP contribution in [-0.4, -0.2) is 164 Å². The van der Waals surface area contributed by atoms with Gasteiger partial charge in [0.25, 0.3) is 0 Å². The van der Waals surface area contributed by atoms with Gasteiger partial charge < -0.3 is 38.6 Å². The van der Waals surface area contributed by atoms with Crippen molar-refractivity contribution >= 4 is 47.2 Å². The average Bonchev–Trinajstić information content (AvgIpc) is 3.99. The van der Waals surface area contributed by atoms with Crippen LogP contribution in [0.2, 0.25) is 0 Å². The molecule has 3 aliphatic heterocycles. The molecule has 5 heterocycles. The van der Waals surface area contributed by atoms with Gasteiger partial charge in [-0.1, -0.05) is 26.0 Å². The van der Waals surface area contributed by atoms with Crippen molar-refractivity contribution in [2.75, 3.05) is 40.6 Å². The molecule has 20 heteroatoms.